The van der Waals surface area contributed by atoms with E-state index in [0.29, 0.717) is 24.5 Å². The van der Waals surface area contributed by atoms with Gasteiger partial charge in [0.15, 0.2) is 11.5 Å². The van der Waals surface area contributed by atoms with E-state index >= 15 is 0 Å². The smallest absolute Gasteiger partial charge is 0.289 e. The van der Waals surface area contributed by atoms with Gasteiger partial charge in [0.25, 0.3) is 11.8 Å². The second-order valence-corrected chi connectivity index (χ2v) is 8.77. The van der Waals surface area contributed by atoms with Gasteiger partial charge in [-0.1, -0.05) is 30.3 Å². The molecular weight excluding hydrogens is 480 g/mol. The van der Waals surface area contributed by atoms with Gasteiger partial charge in [0.05, 0.1) is 12.6 Å². The van der Waals surface area contributed by atoms with Crippen LogP contribution in [0.25, 0.3) is 0 Å². The zero-order valence-corrected chi connectivity index (χ0v) is 20.1. The molecule has 1 fully saturated rings. The van der Waals surface area contributed by atoms with Crippen molar-refractivity contribution >= 4 is 29.4 Å². The Hall–Kier alpha value is -4.41. The number of amides is 4. The van der Waals surface area contributed by atoms with Crippen LogP contribution >= 0.6 is 0 Å². The third kappa shape index (κ3) is 6.84. The van der Waals surface area contributed by atoms with Crippen LogP contribution < -0.4 is 30.7 Å². The van der Waals surface area contributed by atoms with Crippen LogP contribution in [0, 0.1) is 5.92 Å². The average molecular weight is 509 g/mol. The van der Waals surface area contributed by atoms with Gasteiger partial charge in [-0.25, -0.2) is 0 Å². The van der Waals surface area contributed by atoms with E-state index in [1.165, 1.54) is 12.1 Å². The minimum Gasteiger partial charge on any atom is -0.454 e. The minimum absolute atomic E-state index is 0.0225. The van der Waals surface area contributed by atoms with Crippen LogP contribution in [0.3, 0.4) is 0 Å². The zero-order valence-electron chi connectivity index (χ0n) is 20.1. The summed E-state index contributed by atoms with van der Waals surface area (Å²) in [6.07, 6.45) is 1.25. The number of benzene rings is 2. The number of hydrogen-bond donors (Lipinski definition) is 4. The molecule has 0 saturated carbocycles. The van der Waals surface area contributed by atoms with E-state index in [1.807, 2.05) is 18.2 Å². The number of piperidine rings is 1. The van der Waals surface area contributed by atoms with Gasteiger partial charge in [0, 0.05) is 24.6 Å². The van der Waals surface area contributed by atoms with Crippen LogP contribution in [0.1, 0.15) is 35.2 Å². The maximum atomic E-state index is 13.0. The molecule has 11 heteroatoms. The molecule has 2 aliphatic heterocycles. The van der Waals surface area contributed by atoms with Gasteiger partial charge in [-0.05, 0) is 43.0 Å². The molecule has 0 unspecified atom stereocenters. The largest absolute Gasteiger partial charge is 0.454 e. The Morgan fingerprint density at radius 3 is 2.57 bits per heavy atom. The van der Waals surface area contributed by atoms with Crippen LogP contribution in [0.5, 0.6) is 11.5 Å². The number of nitrogens with one attached hydrogen (secondary N) is 4. The summed E-state index contributed by atoms with van der Waals surface area (Å²) < 4.78 is 10.5. The van der Waals surface area contributed by atoms with Crippen molar-refractivity contribution in [2.24, 2.45) is 5.92 Å². The first kappa shape index (κ1) is 25.7. The molecule has 2 aromatic carbocycles. The number of ether oxygens (including phenoxy) is 2. The van der Waals surface area contributed by atoms with Crippen molar-refractivity contribution in [1.82, 2.24) is 21.3 Å². The fraction of sp³-hybridized carbons (Fsp3) is 0.346. The molecular formula is C26H28N4O7. The summed E-state index contributed by atoms with van der Waals surface area (Å²) >= 11 is 0. The van der Waals surface area contributed by atoms with Gasteiger partial charge in [-0.3, -0.25) is 24.0 Å². The quantitative estimate of drug-likeness (QED) is 0.340. The lowest BCUT2D eigenvalue weighted by Crippen LogP contribution is -2.52. The predicted molar refractivity (Wildman–Crippen MR) is 130 cm³/mol. The number of Topliss-reactive ketones (excluding diaryl/α,β-unsaturated/α-hetero) is 1. The van der Waals surface area contributed by atoms with Crippen molar-refractivity contribution in [3.63, 3.8) is 0 Å². The van der Waals surface area contributed by atoms with Crippen LogP contribution in [-0.4, -0.2) is 55.3 Å². The molecule has 0 aromatic heterocycles. The van der Waals surface area contributed by atoms with Crippen molar-refractivity contribution in [3.8, 4) is 11.5 Å². The van der Waals surface area contributed by atoms with E-state index in [-0.39, 0.29) is 31.2 Å². The Morgan fingerprint density at radius 1 is 1.00 bits per heavy atom. The molecule has 37 heavy (non-hydrogen) atoms. The maximum absolute atomic E-state index is 13.0. The molecule has 2 aromatic rings. The van der Waals surface area contributed by atoms with Crippen LogP contribution in [0.4, 0.5) is 0 Å². The summed E-state index contributed by atoms with van der Waals surface area (Å²) in [4.78, 5) is 63.0. The SMILES string of the molecule is O=C(CNC(=O)c1ccc2c(c1)OCO2)N[C@@H](C[C@@H]1CCCNC1=O)C(=O)C(=O)NCc1ccccc1. The molecule has 4 rings (SSSR count). The van der Waals surface area contributed by atoms with E-state index < -0.39 is 42.0 Å². The molecule has 11 nitrogen and oxygen atoms in total. The Morgan fingerprint density at radius 2 is 1.78 bits per heavy atom. The first-order valence-electron chi connectivity index (χ1n) is 12.0. The molecule has 2 atom stereocenters. The zero-order chi connectivity index (χ0) is 26.2. The molecule has 194 valence electrons. The number of rotatable bonds is 10. The van der Waals surface area contributed by atoms with Gasteiger partial charge >= 0.3 is 0 Å². The summed E-state index contributed by atoms with van der Waals surface area (Å²) in [6, 6.07) is 12.5. The molecule has 0 aliphatic carbocycles. The summed E-state index contributed by atoms with van der Waals surface area (Å²) in [5.41, 5.74) is 1.07. The average Bonchev–Trinajstić information content (AvgIpc) is 3.39. The fourth-order valence-corrected chi connectivity index (χ4v) is 4.15. The second-order valence-electron chi connectivity index (χ2n) is 8.77. The van der Waals surface area contributed by atoms with Crippen LogP contribution in [0.2, 0.25) is 0 Å². The summed E-state index contributed by atoms with van der Waals surface area (Å²) in [5.74, 6) is -2.71. The van der Waals surface area contributed by atoms with E-state index in [4.69, 9.17) is 9.47 Å². The number of ketones is 1. The van der Waals surface area contributed by atoms with E-state index in [2.05, 4.69) is 21.3 Å². The molecule has 0 bridgehead atoms. The van der Waals surface area contributed by atoms with Crippen LogP contribution in [0.15, 0.2) is 48.5 Å². The van der Waals surface area contributed by atoms with Crippen molar-refractivity contribution < 1.29 is 33.4 Å². The van der Waals surface area contributed by atoms with E-state index in [0.717, 1.165) is 12.0 Å². The molecule has 2 aliphatic rings. The van der Waals surface area contributed by atoms with Gasteiger partial charge in [0.1, 0.15) is 0 Å². The number of fused-ring (bicyclic) bond motifs is 1. The Balaban J connectivity index is 1.36. The van der Waals surface area contributed by atoms with Crippen molar-refractivity contribution in [1.29, 1.82) is 0 Å². The standard InChI is InChI=1S/C26H28N4O7/c31-22(14-29-25(34)18-8-9-20-21(12-18)37-15-36-20)30-19(11-17-7-4-10-27-24(17)33)23(32)26(35)28-13-16-5-2-1-3-6-16/h1-3,5-6,8-9,12,17,19H,4,7,10-11,13-15H2,(H,27,33)(H,28,35)(H,29,34)(H,30,31)/t17-,19-/m0/s1. The lowest BCUT2D eigenvalue weighted by atomic mass is 9.90. The van der Waals surface area contributed by atoms with E-state index in [1.54, 1.807) is 18.2 Å². The summed E-state index contributed by atoms with van der Waals surface area (Å²) in [7, 11) is 0. The Bertz CT molecular complexity index is 1180. The lowest BCUT2D eigenvalue weighted by Gasteiger charge is -2.26. The van der Waals surface area contributed by atoms with Crippen LogP contribution in [-0.2, 0) is 25.7 Å². The highest BCUT2D eigenvalue weighted by atomic mass is 16.7. The number of carbonyl (C=O) groups excluding carboxylic acids is 5. The van der Waals surface area contributed by atoms with Gasteiger partial charge in [0.2, 0.25) is 24.4 Å². The molecule has 4 N–H and O–H groups in total. The Labute approximate surface area is 213 Å². The summed E-state index contributed by atoms with van der Waals surface area (Å²) in [6.45, 7) is 0.321. The van der Waals surface area contributed by atoms with Gasteiger partial charge in [-0.2, -0.15) is 0 Å². The molecule has 2 heterocycles. The molecule has 0 radical (unpaired) electrons. The van der Waals surface area contributed by atoms with Crippen molar-refractivity contribution in [2.75, 3.05) is 19.9 Å². The minimum atomic E-state index is -1.22. The second kappa shape index (κ2) is 12.0. The third-order valence-electron chi connectivity index (χ3n) is 6.14. The fourth-order valence-electron chi connectivity index (χ4n) is 4.15. The first-order valence-corrected chi connectivity index (χ1v) is 12.0. The van der Waals surface area contributed by atoms with Gasteiger partial charge in [-0.15, -0.1) is 0 Å². The monoisotopic (exact) mass is 508 g/mol. The summed E-state index contributed by atoms with van der Waals surface area (Å²) in [5, 5.41) is 10.3. The highest BCUT2D eigenvalue weighted by Gasteiger charge is 2.33. The van der Waals surface area contributed by atoms with Crippen molar-refractivity contribution in [2.45, 2.75) is 31.8 Å². The number of hydrogen-bond acceptors (Lipinski definition) is 7. The third-order valence-corrected chi connectivity index (χ3v) is 6.14. The lowest BCUT2D eigenvalue weighted by molar-refractivity contribution is -0.141. The molecule has 0 spiro atoms. The van der Waals surface area contributed by atoms with Crippen molar-refractivity contribution in [3.05, 3.63) is 59.7 Å². The first-order chi connectivity index (χ1) is 17.9. The maximum Gasteiger partial charge on any atom is 0.289 e. The molecule has 1 saturated heterocycles. The predicted octanol–water partition coefficient (Wildman–Crippen LogP) is 0.432. The topological polar surface area (TPSA) is 152 Å². The highest BCUT2D eigenvalue weighted by molar-refractivity contribution is 6.38. The number of carbonyl (C=O) groups is 5. The Kier molecular flexibility index (Phi) is 8.34. The normalized spacial score (nSPS) is 16.8. The molecule has 4 amide bonds. The van der Waals surface area contributed by atoms with Gasteiger partial charge < -0.3 is 30.7 Å². The highest BCUT2D eigenvalue weighted by Crippen LogP contribution is 2.32. The van der Waals surface area contributed by atoms with E-state index in [9.17, 15) is 24.0 Å².